The van der Waals surface area contributed by atoms with E-state index in [0.717, 1.165) is 18.4 Å². The number of fused-ring (bicyclic) bond motifs is 4. The molecule has 1 aliphatic carbocycles. The van der Waals surface area contributed by atoms with Crippen molar-refractivity contribution in [3.05, 3.63) is 75.5 Å². The molecule has 0 bridgehead atoms. The van der Waals surface area contributed by atoms with Gasteiger partial charge in [-0.1, -0.05) is 29.5 Å². The van der Waals surface area contributed by atoms with Crippen LogP contribution < -0.4 is 10.9 Å². The van der Waals surface area contributed by atoms with E-state index in [1.807, 2.05) is 24.3 Å². The van der Waals surface area contributed by atoms with E-state index in [-0.39, 0.29) is 22.8 Å². The van der Waals surface area contributed by atoms with E-state index in [9.17, 15) is 14.0 Å². The van der Waals surface area contributed by atoms with Gasteiger partial charge >= 0.3 is 0 Å². The van der Waals surface area contributed by atoms with Gasteiger partial charge in [0.2, 0.25) is 0 Å². The molecule has 5 rings (SSSR count). The summed E-state index contributed by atoms with van der Waals surface area (Å²) in [4.78, 5) is 27.8. The number of halogens is 1. The number of amides is 1. The Labute approximate surface area is 151 Å². The minimum absolute atomic E-state index is 0.0397. The molecule has 0 aliphatic heterocycles. The Hall–Kier alpha value is -3.55. The highest BCUT2D eigenvalue weighted by molar-refractivity contribution is 5.99. The Balaban J connectivity index is 1.57. The largest absolute Gasteiger partial charge is 0.344 e. The lowest BCUT2D eigenvalue weighted by Crippen LogP contribution is -2.28. The summed E-state index contributed by atoms with van der Waals surface area (Å²) in [5, 5.41) is 10.8. The summed E-state index contributed by atoms with van der Waals surface area (Å²) in [6, 6.07) is 11.8. The number of rotatable bonds is 2. The maximum Gasteiger partial charge on any atom is 0.277 e. The van der Waals surface area contributed by atoms with Crippen molar-refractivity contribution in [2.45, 2.75) is 18.9 Å². The molecule has 2 N–H and O–H groups in total. The molecule has 2 aromatic heterocycles. The Kier molecular flexibility index (Phi) is 3.33. The molecule has 0 unspecified atom stereocenters. The van der Waals surface area contributed by atoms with E-state index in [2.05, 4.69) is 20.6 Å². The quantitative estimate of drug-likeness (QED) is 0.571. The second-order valence-corrected chi connectivity index (χ2v) is 6.58. The molecule has 1 atom stereocenters. The summed E-state index contributed by atoms with van der Waals surface area (Å²) in [7, 11) is 0. The molecule has 4 aromatic rings. The third kappa shape index (κ3) is 2.41. The summed E-state index contributed by atoms with van der Waals surface area (Å²) < 4.78 is 14.7. The summed E-state index contributed by atoms with van der Waals surface area (Å²) in [6.45, 7) is 0. The number of aromatic amines is 1. The van der Waals surface area contributed by atoms with Gasteiger partial charge in [-0.15, -0.1) is 5.10 Å². The van der Waals surface area contributed by atoms with Crippen LogP contribution in [0.4, 0.5) is 4.39 Å². The smallest absolute Gasteiger partial charge is 0.277 e. The van der Waals surface area contributed by atoms with Gasteiger partial charge < -0.3 is 10.3 Å². The van der Waals surface area contributed by atoms with Gasteiger partial charge in [0, 0.05) is 0 Å². The topological polar surface area (TPSA) is 92.2 Å². The zero-order valence-electron chi connectivity index (χ0n) is 14.1. The highest BCUT2D eigenvalue weighted by Crippen LogP contribution is 2.31. The van der Waals surface area contributed by atoms with Crippen molar-refractivity contribution in [2.24, 2.45) is 0 Å². The third-order valence-electron chi connectivity index (χ3n) is 4.97. The van der Waals surface area contributed by atoms with E-state index < -0.39 is 17.3 Å². The van der Waals surface area contributed by atoms with Crippen LogP contribution in [0.15, 0.2) is 47.3 Å². The number of hydrogen-bond acceptors (Lipinski definition) is 4. The van der Waals surface area contributed by atoms with Crippen LogP contribution in [-0.2, 0) is 6.42 Å². The van der Waals surface area contributed by atoms with Gasteiger partial charge in [-0.3, -0.25) is 9.59 Å². The third-order valence-corrected chi connectivity index (χ3v) is 4.97. The minimum Gasteiger partial charge on any atom is -0.344 e. The van der Waals surface area contributed by atoms with Gasteiger partial charge in [0.25, 0.3) is 11.5 Å². The normalized spacial score (nSPS) is 16.0. The average Bonchev–Trinajstić information content (AvgIpc) is 3.27. The molecule has 2 heterocycles. The van der Waals surface area contributed by atoms with Gasteiger partial charge in [0.1, 0.15) is 5.82 Å². The molecular formula is C19H14FN5O2. The molecule has 27 heavy (non-hydrogen) atoms. The zero-order chi connectivity index (χ0) is 18.5. The first-order valence-electron chi connectivity index (χ1n) is 8.57. The number of aryl methyl sites for hydroxylation is 1. The SMILES string of the molecule is O=C(N[C@@H]1CCc2ccccc21)c1nnn2c1c(=O)[nH]c1cc(F)ccc12. The number of nitrogens with zero attached hydrogens (tertiary/aromatic N) is 3. The molecule has 2 aromatic carbocycles. The summed E-state index contributed by atoms with van der Waals surface area (Å²) in [5.74, 6) is -0.936. The fraction of sp³-hybridized carbons (Fsp3) is 0.158. The fourth-order valence-electron chi connectivity index (χ4n) is 3.72. The van der Waals surface area contributed by atoms with Gasteiger partial charge in [-0.05, 0) is 42.2 Å². The first kappa shape index (κ1) is 15.7. The van der Waals surface area contributed by atoms with Crippen molar-refractivity contribution in [1.29, 1.82) is 0 Å². The second kappa shape index (κ2) is 5.73. The predicted octanol–water partition coefficient (Wildman–Crippen LogP) is 2.13. The molecule has 1 aliphatic rings. The van der Waals surface area contributed by atoms with Crippen LogP contribution in [0.3, 0.4) is 0 Å². The number of benzene rings is 2. The summed E-state index contributed by atoms with van der Waals surface area (Å²) in [5.41, 5.74) is 2.48. The Morgan fingerprint density at radius 2 is 2.11 bits per heavy atom. The van der Waals surface area contributed by atoms with Crippen molar-refractivity contribution in [2.75, 3.05) is 0 Å². The predicted molar refractivity (Wildman–Crippen MR) is 96.0 cm³/mol. The van der Waals surface area contributed by atoms with Crippen molar-refractivity contribution in [3.8, 4) is 0 Å². The van der Waals surface area contributed by atoms with Crippen molar-refractivity contribution in [3.63, 3.8) is 0 Å². The standard InChI is InChI=1S/C19H14FN5O2/c20-11-6-8-15-14(9-11)22-19(27)17-16(23-24-25(15)17)18(26)21-13-7-5-10-3-1-2-4-12(10)13/h1-4,6,8-9,13H,5,7H2,(H,21,26)(H,22,27)/t13-/m1/s1. The monoisotopic (exact) mass is 363 g/mol. The first-order valence-corrected chi connectivity index (χ1v) is 8.57. The van der Waals surface area contributed by atoms with Crippen LogP contribution in [0.25, 0.3) is 16.6 Å². The molecule has 0 fully saturated rings. The van der Waals surface area contributed by atoms with E-state index in [1.165, 1.54) is 28.3 Å². The molecule has 0 saturated carbocycles. The number of carbonyl (C=O) groups excluding carboxylic acids is 1. The second-order valence-electron chi connectivity index (χ2n) is 6.58. The number of nitrogens with one attached hydrogen (secondary N) is 2. The maximum atomic E-state index is 13.4. The zero-order valence-corrected chi connectivity index (χ0v) is 14.1. The molecule has 7 nitrogen and oxygen atoms in total. The van der Waals surface area contributed by atoms with Crippen molar-refractivity contribution in [1.82, 2.24) is 25.1 Å². The van der Waals surface area contributed by atoms with Crippen LogP contribution in [-0.4, -0.2) is 25.7 Å². The lowest BCUT2D eigenvalue weighted by Gasteiger charge is -2.13. The van der Waals surface area contributed by atoms with E-state index >= 15 is 0 Å². The Bertz CT molecular complexity index is 1280. The summed E-state index contributed by atoms with van der Waals surface area (Å²) in [6.07, 6.45) is 1.68. The van der Waals surface area contributed by atoms with Crippen LogP contribution in [0, 0.1) is 5.82 Å². The lowest BCUT2D eigenvalue weighted by atomic mass is 10.1. The maximum absolute atomic E-state index is 13.4. The molecule has 0 spiro atoms. The molecule has 1 amide bonds. The molecular weight excluding hydrogens is 349 g/mol. The van der Waals surface area contributed by atoms with Gasteiger partial charge in [-0.2, -0.15) is 0 Å². The summed E-state index contributed by atoms with van der Waals surface area (Å²) >= 11 is 0. The molecule has 0 saturated heterocycles. The van der Waals surface area contributed by atoms with Gasteiger partial charge in [0.15, 0.2) is 11.2 Å². The van der Waals surface area contributed by atoms with Crippen LogP contribution in [0.2, 0.25) is 0 Å². The van der Waals surface area contributed by atoms with Crippen molar-refractivity contribution < 1.29 is 9.18 Å². The highest BCUT2D eigenvalue weighted by atomic mass is 19.1. The van der Waals surface area contributed by atoms with E-state index in [4.69, 9.17) is 0 Å². The first-order chi connectivity index (χ1) is 13.1. The van der Waals surface area contributed by atoms with Crippen LogP contribution >= 0.6 is 0 Å². The van der Waals surface area contributed by atoms with Gasteiger partial charge in [-0.25, -0.2) is 8.91 Å². The average molecular weight is 363 g/mol. The lowest BCUT2D eigenvalue weighted by molar-refractivity contribution is 0.0933. The van der Waals surface area contributed by atoms with Gasteiger partial charge in [0.05, 0.1) is 17.1 Å². The number of carbonyl (C=O) groups is 1. The molecule has 0 radical (unpaired) electrons. The molecule has 8 heteroatoms. The minimum atomic E-state index is -0.546. The Morgan fingerprint density at radius 3 is 3.00 bits per heavy atom. The number of H-pyrrole nitrogens is 1. The highest BCUT2D eigenvalue weighted by Gasteiger charge is 2.27. The fourth-order valence-corrected chi connectivity index (χ4v) is 3.72. The van der Waals surface area contributed by atoms with E-state index in [1.54, 1.807) is 0 Å². The van der Waals surface area contributed by atoms with Crippen LogP contribution in [0.5, 0.6) is 0 Å². The molecule has 134 valence electrons. The number of aromatic nitrogens is 4. The van der Waals surface area contributed by atoms with E-state index in [0.29, 0.717) is 5.52 Å². The Morgan fingerprint density at radius 1 is 1.26 bits per heavy atom. The van der Waals surface area contributed by atoms with Crippen LogP contribution in [0.1, 0.15) is 34.1 Å². The number of hydrogen-bond donors (Lipinski definition) is 2. The van der Waals surface area contributed by atoms with Crippen molar-refractivity contribution >= 4 is 22.5 Å².